The van der Waals surface area contributed by atoms with Crippen molar-refractivity contribution in [1.82, 2.24) is 15.1 Å². The van der Waals surface area contributed by atoms with Crippen molar-refractivity contribution in [2.24, 2.45) is 7.05 Å². The molecule has 0 radical (unpaired) electrons. The van der Waals surface area contributed by atoms with Gasteiger partial charge in [0.2, 0.25) is 0 Å². The first kappa shape index (κ1) is 13.1. The monoisotopic (exact) mass is 258 g/mol. The fourth-order valence-corrected chi connectivity index (χ4v) is 1.97. The van der Waals surface area contributed by atoms with Gasteiger partial charge in [0.1, 0.15) is 0 Å². The van der Waals surface area contributed by atoms with Crippen molar-refractivity contribution in [2.75, 3.05) is 12.4 Å². The van der Waals surface area contributed by atoms with Gasteiger partial charge in [-0.05, 0) is 30.7 Å². The van der Waals surface area contributed by atoms with Gasteiger partial charge in [0.25, 0.3) is 5.91 Å². The molecule has 0 saturated heterocycles. The Hall–Kier alpha value is -2.30. The molecule has 0 spiro atoms. The fraction of sp³-hybridized carbons (Fsp3) is 0.286. The van der Waals surface area contributed by atoms with Gasteiger partial charge in [-0.25, -0.2) is 0 Å². The molecule has 0 bridgehead atoms. The van der Waals surface area contributed by atoms with Crippen LogP contribution in [0.25, 0.3) is 0 Å². The first-order chi connectivity index (χ1) is 9.13. The maximum absolute atomic E-state index is 11.7. The number of carbonyl (C=O) groups excluding carboxylic acids is 1. The molecule has 1 aromatic heterocycles. The van der Waals surface area contributed by atoms with Crippen molar-refractivity contribution < 1.29 is 4.79 Å². The van der Waals surface area contributed by atoms with Crippen LogP contribution in [0.1, 0.15) is 21.6 Å². The summed E-state index contributed by atoms with van der Waals surface area (Å²) < 4.78 is 1.82. The molecule has 1 aromatic carbocycles. The molecular formula is C14H18N4O. The Morgan fingerprint density at radius 3 is 2.79 bits per heavy atom. The van der Waals surface area contributed by atoms with Crippen LogP contribution >= 0.6 is 0 Å². The number of nitrogens with one attached hydrogen (secondary N) is 2. The Morgan fingerprint density at radius 1 is 1.37 bits per heavy atom. The fourth-order valence-electron chi connectivity index (χ4n) is 1.97. The highest BCUT2D eigenvalue weighted by molar-refractivity contribution is 5.96. The lowest BCUT2D eigenvalue weighted by Crippen LogP contribution is -2.19. The molecule has 5 heteroatoms. The van der Waals surface area contributed by atoms with E-state index in [9.17, 15) is 4.79 Å². The number of hydrogen-bond acceptors (Lipinski definition) is 3. The van der Waals surface area contributed by atoms with Gasteiger partial charge in [-0.2, -0.15) is 5.10 Å². The molecule has 19 heavy (non-hydrogen) atoms. The molecule has 0 aliphatic rings. The maximum Gasteiger partial charge on any atom is 0.251 e. The Kier molecular flexibility index (Phi) is 3.85. The summed E-state index contributed by atoms with van der Waals surface area (Å²) in [5.74, 6) is -0.0679. The highest BCUT2D eigenvalue weighted by atomic mass is 16.1. The van der Waals surface area contributed by atoms with Gasteiger partial charge in [0, 0.05) is 31.5 Å². The van der Waals surface area contributed by atoms with Crippen molar-refractivity contribution in [3.63, 3.8) is 0 Å². The molecule has 0 aliphatic heterocycles. The van der Waals surface area contributed by atoms with Crippen molar-refractivity contribution >= 4 is 11.6 Å². The zero-order chi connectivity index (χ0) is 13.8. The number of nitrogens with zero attached hydrogens (tertiary/aromatic N) is 2. The van der Waals surface area contributed by atoms with E-state index in [4.69, 9.17) is 0 Å². The lowest BCUT2D eigenvalue weighted by Gasteiger charge is -2.12. The highest BCUT2D eigenvalue weighted by Gasteiger charge is 2.10. The Morgan fingerprint density at radius 2 is 2.16 bits per heavy atom. The molecule has 2 rings (SSSR count). The molecular weight excluding hydrogens is 240 g/mol. The molecule has 100 valence electrons. The number of benzene rings is 1. The van der Waals surface area contributed by atoms with Crippen molar-refractivity contribution in [2.45, 2.75) is 13.5 Å². The molecule has 0 unspecified atom stereocenters. The minimum Gasteiger partial charge on any atom is -0.379 e. The molecule has 0 aliphatic carbocycles. The second-order valence-electron chi connectivity index (χ2n) is 4.36. The largest absolute Gasteiger partial charge is 0.379 e. The van der Waals surface area contributed by atoms with Crippen LogP contribution in [0.4, 0.5) is 5.69 Å². The average molecular weight is 258 g/mol. The molecule has 1 amide bonds. The molecule has 2 aromatic rings. The number of aromatic nitrogens is 2. The summed E-state index contributed by atoms with van der Waals surface area (Å²) in [5.41, 5.74) is 3.69. The molecule has 0 atom stereocenters. The molecule has 0 fully saturated rings. The number of rotatable bonds is 4. The van der Waals surface area contributed by atoms with E-state index < -0.39 is 0 Å². The number of anilines is 1. The van der Waals surface area contributed by atoms with Crippen LogP contribution in [0.5, 0.6) is 0 Å². The van der Waals surface area contributed by atoms with Crippen LogP contribution in [0.3, 0.4) is 0 Å². The normalized spacial score (nSPS) is 10.3. The first-order valence-electron chi connectivity index (χ1n) is 6.16. The summed E-state index contributed by atoms with van der Waals surface area (Å²) in [4.78, 5) is 11.7. The van der Waals surface area contributed by atoms with Gasteiger partial charge in [-0.3, -0.25) is 9.48 Å². The predicted molar refractivity (Wildman–Crippen MR) is 75.1 cm³/mol. The van der Waals surface area contributed by atoms with Gasteiger partial charge in [-0.1, -0.05) is 6.07 Å². The van der Waals surface area contributed by atoms with Gasteiger partial charge >= 0.3 is 0 Å². The third-order valence-corrected chi connectivity index (χ3v) is 3.19. The molecule has 2 N–H and O–H groups in total. The number of aryl methyl sites for hydroxylation is 1. The van der Waals surface area contributed by atoms with Gasteiger partial charge in [0.05, 0.1) is 12.2 Å². The summed E-state index contributed by atoms with van der Waals surface area (Å²) in [7, 11) is 3.54. The summed E-state index contributed by atoms with van der Waals surface area (Å²) in [6.07, 6.45) is 1.77. The Bertz CT molecular complexity index is 589. The molecule has 5 nitrogen and oxygen atoms in total. The zero-order valence-electron chi connectivity index (χ0n) is 11.4. The van der Waals surface area contributed by atoms with Crippen molar-refractivity contribution in [1.29, 1.82) is 0 Å². The van der Waals surface area contributed by atoms with Gasteiger partial charge in [-0.15, -0.1) is 0 Å². The maximum atomic E-state index is 11.7. The minimum absolute atomic E-state index is 0.0679. The topological polar surface area (TPSA) is 59.0 Å². The highest BCUT2D eigenvalue weighted by Crippen LogP contribution is 2.19. The average Bonchev–Trinajstić information content (AvgIpc) is 2.82. The van der Waals surface area contributed by atoms with E-state index >= 15 is 0 Å². The van der Waals surface area contributed by atoms with Crippen LogP contribution in [0.2, 0.25) is 0 Å². The van der Waals surface area contributed by atoms with Gasteiger partial charge in [0.15, 0.2) is 0 Å². The summed E-state index contributed by atoms with van der Waals surface area (Å²) in [6.45, 7) is 2.62. The summed E-state index contributed by atoms with van der Waals surface area (Å²) in [6, 6.07) is 7.63. The van der Waals surface area contributed by atoms with Crippen LogP contribution in [0, 0.1) is 6.92 Å². The standard InChI is InChI=1S/C14H18N4O/c1-10-12(14(19)15-2)5-4-6-13(10)16-9-11-7-8-17-18(11)3/h4-8,16H,9H2,1-3H3,(H,15,19). The van der Waals surface area contributed by atoms with E-state index in [2.05, 4.69) is 15.7 Å². The zero-order valence-corrected chi connectivity index (χ0v) is 11.4. The Balaban J connectivity index is 2.17. The predicted octanol–water partition coefficient (Wildman–Crippen LogP) is 1.70. The SMILES string of the molecule is CNC(=O)c1cccc(NCc2ccnn2C)c1C. The van der Waals surface area contributed by atoms with Crippen LogP contribution in [-0.2, 0) is 13.6 Å². The summed E-state index contributed by atoms with van der Waals surface area (Å²) in [5, 5.41) is 10.1. The summed E-state index contributed by atoms with van der Waals surface area (Å²) >= 11 is 0. The lowest BCUT2D eigenvalue weighted by atomic mass is 10.1. The quantitative estimate of drug-likeness (QED) is 0.877. The smallest absolute Gasteiger partial charge is 0.251 e. The van der Waals surface area contributed by atoms with Crippen molar-refractivity contribution in [3.8, 4) is 0 Å². The second-order valence-corrected chi connectivity index (χ2v) is 4.36. The van der Waals surface area contributed by atoms with Crippen molar-refractivity contribution in [3.05, 3.63) is 47.3 Å². The molecule has 1 heterocycles. The van der Waals surface area contributed by atoms with E-state index in [1.54, 1.807) is 13.2 Å². The Labute approximate surface area is 112 Å². The number of hydrogen-bond donors (Lipinski definition) is 2. The van der Waals surface area contributed by atoms with E-state index in [0.717, 1.165) is 16.9 Å². The number of carbonyl (C=O) groups is 1. The van der Waals surface area contributed by atoms with Gasteiger partial charge < -0.3 is 10.6 Å². The van der Waals surface area contributed by atoms with Crippen LogP contribution in [-0.4, -0.2) is 22.7 Å². The molecule has 0 saturated carbocycles. The minimum atomic E-state index is -0.0679. The van der Waals surface area contributed by atoms with Crippen LogP contribution in [0.15, 0.2) is 30.5 Å². The first-order valence-corrected chi connectivity index (χ1v) is 6.16. The third kappa shape index (κ3) is 2.76. The lowest BCUT2D eigenvalue weighted by molar-refractivity contribution is 0.0962. The van der Waals surface area contributed by atoms with Crippen LogP contribution < -0.4 is 10.6 Å². The van der Waals surface area contributed by atoms with E-state index in [1.165, 1.54) is 0 Å². The second kappa shape index (κ2) is 5.56. The van der Waals surface area contributed by atoms with E-state index in [1.807, 2.05) is 42.9 Å². The van der Waals surface area contributed by atoms with E-state index in [-0.39, 0.29) is 5.91 Å². The third-order valence-electron chi connectivity index (χ3n) is 3.19. The number of amides is 1. The van der Waals surface area contributed by atoms with E-state index in [0.29, 0.717) is 12.1 Å².